The number of methoxy groups -OCH3 is 1. The average molecular weight is 486 g/mol. The van der Waals surface area contributed by atoms with Crippen LogP contribution in [0.15, 0.2) is 28.9 Å². The van der Waals surface area contributed by atoms with E-state index < -0.39 is 11.7 Å². The van der Waals surface area contributed by atoms with Crippen molar-refractivity contribution in [2.75, 3.05) is 25.5 Å². The molecule has 2 aliphatic rings. The number of nitrogens with one attached hydrogen (secondary N) is 2. The van der Waals surface area contributed by atoms with Gasteiger partial charge in [-0.1, -0.05) is 17.3 Å². The molecule has 35 heavy (non-hydrogen) atoms. The quantitative estimate of drug-likeness (QED) is 0.560. The number of hydrogen-bond acceptors (Lipinski definition) is 8. The number of aryl methyl sites for hydroxylation is 2. The standard InChI is InChI=1S/C24H25F3N6O2/c1-12-21(13(2)35-33-12)18-7-4-14-15(5-6-17(14)30-18)22-16(24(25,26)27)10-29-23(32-22)31-19-11-28-9-8-20(19)34-3/h4-5,7,10,19-20,28H,6,8-9,11H2,1-3H3,(H,29,31,32)/t19-,20-/m1/s1. The van der Waals surface area contributed by atoms with Crippen molar-refractivity contribution < 1.29 is 22.4 Å². The number of ether oxygens (including phenoxy) is 1. The molecule has 0 bridgehead atoms. The summed E-state index contributed by atoms with van der Waals surface area (Å²) in [7, 11) is 1.62. The molecule has 0 saturated carbocycles. The number of fused-ring (bicyclic) bond motifs is 1. The van der Waals surface area contributed by atoms with Crippen LogP contribution < -0.4 is 10.6 Å². The Bertz CT molecular complexity index is 1270. The molecule has 0 unspecified atom stereocenters. The van der Waals surface area contributed by atoms with E-state index in [1.54, 1.807) is 32.2 Å². The van der Waals surface area contributed by atoms with Crippen LogP contribution in [0.25, 0.3) is 16.8 Å². The lowest BCUT2D eigenvalue weighted by molar-refractivity contribution is -0.138. The largest absolute Gasteiger partial charge is 0.419 e. The van der Waals surface area contributed by atoms with E-state index in [9.17, 15) is 13.2 Å². The Morgan fingerprint density at radius 2 is 2.03 bits per heavy atom. The predicted octanol–water partition coefficient (Wildman–Crippen LogP) is 3.94. The van der Waals surface area contributed by atoms with Gasteiger partial charge in [-0.25, -0.2) is 9.97 Å². The van der Waals surface area contributed by atoms with Crippen LogP contribution in [0.1, 0.15) is 40.4 Å². The number of halogens is 3. The highest BCUT2D eigenvalue weighted by Gasteiger charge is 2.37. The molecule has 5 rings (SSSR count). The molecule has 2 N–H and O–H groups in total. The zero-order valence-electron chi connectivity index (χ0n) is 19.5. The van der Waals surface area contributed by atoms with E-state index in [2.05, 4.69) is 25.8 Å². The number of aromatic nitrogens is 4. The first-order chi connectivity index (χ1) is 16.8. The van der Waals surface area contributed by atoms with E-state index in [1.165, 1.54) is 0 Å². The van der Waals surface area contributed by atoms with Crippen molar-refractivity contribution in [3.8, 4) is 11.3 Å². The average Bonchev–Trinajstić information content (AvgIpc) is 3.40. The molecule has 8 nitrogen and oxygen atoms in total. The highest BCUT2D eigenvalue weighted by Crippen LogP contribution is 2.40. The molecule has 4 heterocycles. The Labute approximate surface area is 200 Å². The predicted molar refractivity (Wildman–Crippen MR) is 123 cm³/mol. The first kappa shape index (κ1) is 23.4. The molecule has 0 amide bonds. The summed E-state index contributed by atoms with van der Waals surface area (Å²) in [6, 6.07) is 3.39. The fourth-order valence-corrected chi connectivity index (χ4v) is 4.71. The third-order valence-electron chi connectivity index (χ3n) is 6.44. The SMILES string of the molecule is CO[C@@H]1CCNC[C@H]1Nc1ncc(C(F)(F)F)c(C2=CCc3nc(-c4c(C)noc4C)ccc32)n1. The van der Waals surface area contributed by atoms with Crippen molar-refractivity contribution in [3.05, 3.63) is 58.4 Å². The lowest BCUT2D eigenvalue weighted by Gasteiger charge is -2.31. The summed E-state index contributed by atoms with van der Waals surface area (Å²) in [6.45, 7) is 5.03. The maximum atomic E-state index is 13.9. The molecular formula is C24H25F3N6O2. The van der Waals surface area contributed by atoms with Crippen molar-refractivity contribution >= 4 is 11.5 Å². The number of alkyl halides is 3. The van der Waals surface area contributed by atoms with Crippen LogP contribution in [0.5, 0.6) is 0 Å². The number of pyridine rings is 1. The smallest absolute Gasteiger partial charge is 0.379 e. The van der Waals surface area contributed by atoms with Gasteiger partial charge in [0.15, 0.2) is 0 Å². The fourth-order valence-electron chi connectivity index (χ4n) is 4.71. The summed E-state index contributed by atoms with van der Waals surface area (Å²) in [5.74, 6) is 0.761. The minimum atomic E-state index is -4.61. The highest BCUT2D eigenvalue weighted by molar-refractivity contribution is 5.85. The molecule has 0 aromatic carbocycles. The Morgan fingerprint density at radius 1 is 1.20 bits per heavy atom. The summed E-state index contributed by atoms with van der Waals surface area (Å²) in [5.41, 5.74) is 2.80. The van der Waals surface area contributed by atoms with E-state index >= 15 is 0 Å². The van der Waals surface area contributed by atoms with Crippen LogP contribution in [-0.4, -0.2) is 52.5 Å². The molecule has 1 saturated heterocycles. The molecule has 1 fully saturated rings. The Morgan fingerprint density at radius 3 is 2.74 bits per heavy atom. The number of allylic oxidation sites excluding steroid dienone is 1. The molecule has 11 heteroatoms. The van der Waals surface area contributed by atoms with Gasteiger partial charge >= 0.3 is 6.18 Å². The van der Waals surface area contributed by atoms with Gasteiger partial charge in [0.25, 0.3) is 0 Å². The molecule has 2 atom stereocenters. The maximum absolute atomic E-state index is 13.9. The summed E-state index contributed by atoms with van der Waals surface area (Å²) < 4.78 is 52.6. The number of nitrogens with zero attached hydrogens (tertiary/aromatic N) is 4. The molecule has 184 valence electrons. The third-order valence-corrected chi connectivity index (χ3v) is 6.44. The second-order valence-corrected chi connectivity index (χ2v) is 8.68. The fraction of sp³-hybridized carbons (Fsp3) is 0.417. The van der Waals surface area contributed by atoms with Crippen LogP contribution >= 0.6 is 0 Å². The first-order valence-corrected chi connectivity index (χ1v) is 11.3. The summed E-state index contributed by atoms with van der Waals surface area (Å²) in [5, 5.41) is 10.4. The molecule has 1 aliphatic carbocycles. The third kappa shape index (κ3) is 4.41. The van der Waals surface area contributed by atoms with Gasteiger partial charge < -0.3 is 19.9 Å². The van der Waals surface area contributed by atoms with Gasteiger partial charge in [-0.3, -0.25) is 4.98 Å². The number of piperidine rings is 1. The van der Waals surface area contributed by atoms with E-state index in [4.69, 9.17) is 14.2 Å². The summed E-state index contributed by atoms with van der Waals surface area (Å²) in [4.78, 5) is 13.0. The van der Waals surface area contributed by atoms with Crippen molar-refractivity contribution in [2.24, 2.45) is 0 Å². The Hall–Kier alpha value is -3.31. The maximum Gasteiger partial charge on any atom is 0.419 e. The lowest BCUT2D eigenvalue weighted by atomic mass is 10.0. The number of hydrogen-bond donors (Lipinski definition) is 2. The summed E-state index contributed by atoms with van der Waals surface area (Å²) >= 11 is 0. The second-order valence-electron chi connectivity index (χ2n) is 8.68. The van der Waals surface area contributed by atoms with Crippen molar-refractivity contribution in [1.29, 1.82) is 0 Å². The first-order valence-electron chi connectivity index (χ1n) is 11.3. The number of rotatable bonds is 5. The van der Waals surface area contributed by atoms with Crippen molar-refractivity contribution in [3.63, 3.8) is 0 Å². The molecule has 0 spiro atoms. The second kappa shape index (κ2) is 9.04. The van der Waals surface area contributed by atoms with Gasteiger partial charge in [0.05, 0.1) is 40.5 Å². The van der Waals surface area contributed by atoms with Crippen molar-refractivity contribution in [1.82, 2.24) is 25.4 Å². The van der Waals surface area contributed by atoms with E-state index in [0.717, 1.165) is 24.7 Å². The van der Waals surface area contributed by atoms with E-state index in [0.29, 0.717) is 46.9 Å². The topological polar surface area (TPSA) is 98.0 Å². The van der Waals surface area contributed by atoms with Crippen LogP contribution in [-0.2, 0) is 17.3 Å². The molecule has 1 aliphatic heterocycles. The zero-order valence-corrected chi connectivity index (χ0v) is 19.5. The molecule has 0 radical (unpaired) electrons. The van der Waals surface area contributed by atoms with Crippen LogP contribution in [0, 0.1) is 13.8 Å². The van der Waals surface area contributed by atoms with Gasteiger partial charge in [-0.15, -0.1) is 0 Å². The van der Waals surface area contributed by atoms with Crippen LogP contribution in [0.2, 0.25) is 0 Å². The van der Waals surface area contributed by atoms with Gasteiger partial charge in [0, 0.05) is 37.4 Å². The minimum Gasteiger partial charge on any atom is -0.379 e. The zero-order chi connectivity index (χ0) is 24.7. The van der Waals surface area contributed by atoms with Crippen molar-refractivity contribution in [2.45, 2.75) is 45.0 Å². The monoisotopic (exact) mass is 486 g/mol. The number of anilines is 1. The van der Waals surface area contributed by atoms with Crippen LogP contribution in [0.4, 0.5) is 19.1 Å². The van der Waals surface area contributed by atoms with E-state index in [-0.39, 0.29) is 23.8 Å². The van der Waals surface area contributed by atoms with E-state index in [1.807, 2.05) is 6.92 Å². The molecule has 3 aromatic rings. The normalized spacial score (nSPS) is 20.0. The van der Waals surface area contributed by atoms with Crippen LogP contribution in [0.3, 0.4) is 0 Å². The van der Waals surface area contributed by atoms with Gasteiger partial charge in [0.1, 0.15) is 11.3 Å². The Kier molecular flexibility index (Phi) is 6.06. The lowest BCUT2D eigenvalue weighted by Crippen LogP contribution is -2.49. The van der Waals surface area contributed by atoms with Gasteiger partial charge in [-0.05, 0) is 32.9 Å². The highest BCUT2D eigenvalue weighted by atomic mass is 19.4. The summed E-state index contributed by atoms with van der Waals surface area (Å²) in [6.07, 6.45) is -0.959. The molecule has 3 aromatic heterocycles. The molecular weight excluding hydrogens is 461 g/mol. The van der Waals surface area contributed by atoms with Gasteiger partial charge in [0.2, 0.25) is 5.95 Å². The minimum absolute atomic E-state index is 0.0936. The van der Waals surface area contributed by atoms with Gasteiger partial charge in [-0.2, -0.15) is 13.2 Å². The Balaban J connectivity index is 1.51.